The molecule has 0 atom stereocenters. The topological polar surface area (TPSA) is 80.8 Å². The minimum Gasteiger partial charge on any atom is -0.461 e. The normalized spacial score (nSPS) is 15.7. The maximum atomic E-state index is 12.3. The van der Waals surface area contributed by atoms with Crippen LogP contribution in [0.25, 0.3) is 6.08 Å². The molecule has 124 valence electrons. The van der Waals surface area contributed by atoms with Crippen molar-refractivity contribution >= 4 is 39.3 Å². The number of hydrogen-bond acceptors (Lipinski definition) is 6. The maximum Gasteiger partial charge on any atom is 0.330 e. The molecule has 6 nitrogen and oxygen atoms in total. The Hall–Kier alpha value is -2.45. The number of rotatable bonds is 5. The van der Waals surface area contributed by atoms with E-state index in [4.69, 9.17) is 4.74 Å². The van der Waals surface area contributed by atoms with Crippen molar-refractivity contribution in [1.82, 2.24) is 4.31 Å². The van der Waals surface area contributed by atoms with Crippen molar-refractivity contribution in [2.45, 2.75) is 4.90 Å². The van der Waals surface area contributed by atoms with E-state index in [-0.39, 0.29) is 23.6 Å². The van der Waals surface area contributed by atoms with E-state index < -0.39 is 21.9 Å². The molecule has 1 amide bonds. The molecule has 24 heavy (non-hydrogen) atoms. The van der Waals surface area contributed by atoms with Gasteiger partial charge in [-0.25, -0.2) is 17.5 Å². The molecule has 0 radical (unpaired) electrons. The number of thiophene rings is 1. The average molecular weight is 363 g/mol. The van der Waals surface area contributed by atoms with E-state index in [1.807, 2.05) is 16.8 Å². The third kappa shape index (κ3) is 3.10. The number of hydrogen-bond donors (Lipinski definition) is 0. The van der Waals surface area contributed by atoms with Crippen LogP contribution in [0.5, 0.6) is 0 Å². The lowest BCUT2D eigenvalue weighted by Crippen LogP contribution is -2.33. The Bertz CT molecular complexity index is 900. The Labute approximate surface area is 143 Å². The van der Waals surface area contributed by atoms with Gasteiger partial charge in [0.25, 0.3) is 15.9 Å². The fourth-order valence-corrected chi connectivity index (χ4v) is 4.44. The van der Waals surface area contributed by atoms with Gasteiger partial charge in [-0.1, -0.05) is 12.1 Å². The molecule has 2 aromatic rings. The number of esters is 1. The molecule has 0 fully saturated rings. The van der Waals surface area contributed by atoms with Crippen LogP contribution in [0.3, 0.4) is 0 Å². The Morgan fingerprint density at radius 2 is 2.04 bits per heavy atom. The van der Waals surface area contributed by atoms with Gasteiger partial charge in [0.15, 0.2) is 0 Å². The minimum atomic E-state index is -3.87. The summed E-state index contributed by atoms with van der Waals surface area (Å²) in [5, 5.41) is 3.75. The molecular weight excluding hydrogens is 350 g/mol. The molecule has 0 spiro atoms. The number of carbonyl (C=O) groups is 2. The van der Waals surface area contributed by atoms with Crippen molar-refractivity contribution in [1.29, 1.82) is 0 Å². The summed E-state index contributed by atoms with van der Waals surface area (Å²) in [6, 6.07) is 7.86. The number of amides is 1. The fraction of sp³-hybridized carbons (Fsp3) is 0.125. The lowest BCUT2D eigenvalue weighted by molar-refractivity contribution is -0.137. The molecule has 1 aromatic heterocycles. The quantitative estimate of drug-likeness (QED) is 0.601. The van der Waals surface area contributed by atoms with E-state index in [1.165, 1.54) is 29.5 Å². The van der Waals surface area contributed by atoms with Crippen LogP contribution in [0.4, 0.5) is 0 Å². The molecule has 1 aliphatic rings. The molecule has 0 saturated carbocycles. The van der Waals surface area contributed by atoms with Crippen molar-refractivity contribution in [2.24, 2.45) is 0 Å². The SMILES string of the molecule is O=C(/C=C/c1ccsc1)OCCN1C(=O)c2ccccc2S1(=O)=O. The number of fused-ring (bicyclic) bond motifs is 1. The van der Waals surface area contributed by atoms with Crippen LogP contribution in [0, 0.1) is 0 Å². The first-order valence-corrected chi connectivity index (χ1v) is 9.41. The van der Waals surface area contributed by atoms with Gasteiger partial charge < -0.3 is 4.74 Å². The van der Waals surface area contributed by atoms with E-state index in [0.717, 1.165) is 9.87 Å². The Morgan fingerprint density at radius 1 is 1.25 bits per heavy atom. The van der Waals surface area contributed by atoms with E-state index >= 15 is 0 Å². The molecule has 1 aliphatic heterocycles. The maximum absolute atomic E-state index is 12.3. The van der Waals surface area contributed by atoms with Crippen LogP contribution in [-0.2, 0) is 19.6 Å². The zero-order chi connectivity index (χ0) is 17.2. The predicted octanol–water partition coefficient (Wildman–Crippen LogP) is 2.15. The molecule has 0 unspecified atom stereocenters. The second kappa shape index (κ2) is 6.58. The summed E-state index contributed by atoms with van der Waals surface area (Å²) in [5.74, 6) is -1.20. The first-order chi connectivity index (χ1) is 11.5. The summed E-state index contributed by atoms with van der Waals surface area (Å²) < 4.78 is 30.3. The van der Waals surface area contributed by atoms with Gasteiger partial charge in [0.05, 0.1) is 12.1 Å². The van der Waals surface area contributed by atoms with Gasteiger partial charge in [-0.3, -0.25) is 4.79 Å². The number of nitrogens with zero attached hydrogens (tertiary/aromatic N) is 1. The van der Waals surface area contributed by atoms with Gasteiger partial charge in [0, 0.05) is 6.08 Å². The number of benzene rings is 1. The van der Waals surface area contributed by atoms with E-state index in [0.29, 0.717) is 0 Å². The number of ether oxygens (including phenoxy) is 1. The summed E-state index contributed by atoms with van der Waals surface area (Å²) in [6.07, 6.45) is 2.86. The largest absolute Gasteiger partial charge is 0.461 e. The molecule has 0 saturated heterocycles. The van der Waals surface area contributed by atoms with Crippen molar-refractivity contribution in [3.8, 4) is 0 Å². The summed E-state index contributed by atoms with van der Waals surface area (Å²) in [5.41, 5.74) is 1.02. The van der Waals surface area contributed by atoms with Crippen LogP contribution in [0.15, 0.2) is 52.1 Å². The van der Waals surface area contributed by atoms with Crippen LogP contribution >= 0.6 is 11.3 Å². The monoisotopic (exact) mass is 363 g/mol. The van der Waals surface area contributed by atoms with Crippen molar-refractivity contribution < 1.29 is 22.7 Å². The first kappa shape index (κ1) is 16.4. The number of carbonyl (C=O) groups excluding carboxylic acids is 2. The standard InChI is InChI=1S/C16H13NO5S2/c18-15(6-5-12-7-10-23-11-12)22-9-8-17-16(19)13-3-1-2-4-14(13)24(17,20)21/h1-7,10-11H,8-9H2/b6-5+. The zero-order valence-corrected chi connectivity index (χ0v) is 14.0. The smallest absolute Gasteiger partial charge is 0.330 e. The highest BCUT2D eigenvalue weighted by Crippen LogP contribution is 2.29. The van der Waals surface area contributed by atoms with Gasteiger partial charge in [0.1, 0.15) is 11.5 Å². The molecule has 3 rings (SSSR count). The van der Waals surface area contributed by atoms with Crippen LogP contribution < -0.4 is 0 Å². The van der Waals surface area contributed by atoms with Gasteiger partial charge >= 0.3 is 5.97 Å². The molecule has 0 bridgehead atoms. The van der Waals surface area contributed by atoms with Gasteiger partial charge in [-0.05, 0) is 40.6 Å². The van der Waals surface area contributed by atoms with Gasteiger partial charge in [-0.2, -0.15) is 11.3 Å². The summed E-state index contributed by atoms with van der Waals surface area (Å²) >= 11 is 1.51. The van der Waals surface area contributed by atoms with Gasteiger partial charge in [0.2, 0.25) is 0 Å². The van der Waals surface area contributed by atoms with Crippen molar-refractivity contribution in [2.75, 3.05) is 13.2 Å². The second-order valence-electron chi connectivity index (χ2n) is 4.94. The van der Waals surface area contributed by atoms with E-state index in [2.05, 4.69) is 0 Å². The molecule has 0 aliphatic carbocycles. The highest BCUT2D eigenvalue weighted by atomic mass is 32.2. The fourth-order valence-electron chi connectivity index (χ4n) is 2.26. The van der Waals surface area contributed by atoms with Gasteiger partial charge in [-0.15, -0.1) is 0 Å². The van der Waals surface area contributed by atoms with Crippen LogP contribution in [0.2, 0.25) is 0 Å². The highest BCUT2D eigenvalue weighted by molar-refractivity contribution is 7.90. The van der Waals surface area contributed by atoms with Crippen LogP contribution in [-0.4, -0.2) is 37.8 Å². The van der Waals surface area contributed by atoms with E-state index in [9.17, 15) is 18.0 Å². The van der Waals surface area contributed by atoms with Crippen molar-refractivity contribution in [3.05, 3.63) is 58.3 Å². The predicted molar refractivity (Wildman–Crippen MR) is 89.0 cm³/mol. The van der Waals surface area contributed by atoms with E-state index in [1.54, 1.807) is 18.2 Å². The highest BCUT2D eigenvalue weighted by Gasteiger charge is 2.40. The molecular formula is C16H13NO5S2. The summed E-state index contributed by atoms with van der Waals surface area (Å²) in [7, 11) is -3.87. The Morgan fingerprint density at radius 3 is 2.75 bits per heavy atom. The number of sulfonamides is 1. The third-order valence-electron chi connectivity index (χ3n) is 3.41. The average Bonchev–Trinajstić information content (AvgIpc) is 3.15. The molecule has 0 N–H and O–H groups in total. The van der Waals surface area contributed by atoms with Crippen LogP contribution in [0.1, 0.15) is 15.9 Å². The summed E-state index contributed by atoms with van der Waals surface area (Å²) in [6.45, 7) is -0.417. The zero-order valence-electron chi connectivity index (χ0n) is 12.4. The molecule has 1 aromatic carbocycles. The molecule has 2 heterocycles. The lowest BCUT2D eigenvalue weighted by Gasteiger charge is -2.14. The Balaban J connectivity index is 1.60. The molecule has 8 heteroatoms. The lowest BCUT2D eigenvalue weighted by atomic mass is 10.2. The minimum absolute atomic E-state index is 0.0151. The Kier molecular flexibility index (Phi) is 4.50. The summed E-state index contributed by atoms with van der Waals surface area (Å²) in [4.78, 5) is 23.8. The first-order valence-electron chi connectivity index (χ1n) is 7.03. The third-order valence-corrected chi connectivity index (χ3v) is 5.95. The second-order valence-corrected chi connectivity index (χ2v) is 7.55. The van der Waals surface area contributed by atoms with Crippen molar-refractivity contribution in [3.63, 3.8) is 0 Å².